The van der Waals surface area contributed by atoms with Crippen molar-refractivity contribution in [3.63, 3.8) is 0 Å². The Kier molecular flexibility index (Phi) is 7.11. The molecule has 1 atom stereocenters. The molecule has 1 aromatic carbocycles. The molecule has 1 amide bonds. The zero-order valence-electron chi connectivity index (χ0n) is 17.8. The van der Waals surface area contributed by atoms with Gasteiger partial charge >= 0.3 is 0 Å². The number of β-amino-alcohol motifs (C(OH)–C–C–N with tert-alkyl or cyclic N) is 1. The molecule has 4 rings (SSSR count). The quantitative estimate of drug-likeness (QED) is 0.529. The average Bonchev–Trinajstić information content (AvgIpc) is 2.79. The number of nitrogens with two attached hydrogens (primary N) is 1. The molecule has 0 radical (unpaired) electrons. The number of aromatic nitrogens is 2. The molecule has 166 valence electrons. The van der Waals surface area contributed by atoms with E-state index in [0.29, 0.717) is 24.1 Å². The van der Waals surface area contributed by atoms with Gasteiger partial charge in [-0.2, -0.15) is 0 Å². The number of amides is 1. The lowest BCUT2D eigenvalue weighted by Gasteiger charge is -2.30. The lowest BCUT2D eigenvalue weighted by molar-refractivity contribution is 0.0838. The van der Waals surface area contributed by atoms with Gasteiger partial charge in [-0.3, -0.25) is 9.69 Å². The van der Waals surface area contributed by atoms with Gasteiger partial charge in [0, 0.05) is 44.3 Å². The molecule has 0 bridgehead atoms. The summed E-state index contributed by atoms with van der Waals surface area (Å²) in [6, 6.07) is 10.7. The molecule has 1 aliphatic heterocycles. The Morgan fingerprint density at radius 1 is 1.19 bits per heavy atom. The molecule has 0 unspecified atom stereocenters. The molecule has 2 aromatic rings. The van der Waals surface area contributed by atoms with E-state index in [-0.39, 0.29) is 18.5 Å². The topological polar surface area (TPSA) is 116 Å². The highest BCUT2D eigenvalue weighted by Gasteiger charge is 2.21. The van der Waals surface area contributed by atoms with Crippen LogP contribution in [0.1, 0.15) is 47.3 Å². The Hall–Kier alpha value is -2.55. The van der Waals surface area contributed by atoms with Crippen molar-refractivity contribution in [1.82, 2.24) is 20.2 Å². The number of aliphatic hydroxyl groups is 1. The Bertz CT molecular complexity index is 884. The van der Waals surface area contributed by atoms with Gasteiger partial charge in [-0.1, -0.05) is 24.3 Å². The van der Waals surface area contributed by atoms with Gasteiger partial charge in [0.25, 0.3) is 5.91 Å². The van der Waals surface area contributed by atoms with Crippen LogP contribution in [0.15, 0.2) is 36.7 Å². The minimum atomic E-state index is -0.639. The second kappa shape index (κ2) is 10.2. The number of hydrogen-bond donors (Lipinski definition) is 4. The van der Waals surface area contributed by atoms with Crippen LogP contribution in [0.2, 0.25) is 0 Å². The Balaban J connectivity index is 1.24. The zero-order chi connectivity index (χ0) is 21.6. The fourth-order valence-corrected chi connectivity index (χ4v) is 4.41. The summed E-state index contributed by atoms with van der Waals surface area (Å²) >= 11 is 0. The molecule has 2 aliphatic rings. The van der Waals surface area contributed by atoms with Crippen LogP contribution < -0.4 is 16.4 Å². The summed E-state index contributed by atoms with van der Waals surface area (Å²) in [5.41, 5.74) is 8.95. The van der Waals surface area contributed by atoms with Crippen molar-refractivity contribution < 1.29 is 9.90 Å². The van der Waals surface area contributed by atoms with Gasteiger partial charge in [0.15, 0.2) is 0 Å². The lowest BCUT2D eigenvalue weighted by Crippen LogP contribution is -2.42. The molecule has 1 fully saturated rings. The second-order valence-corrected chi connectivity index (χ2v) is 8.66. The predicted octanol–water partition coefficient (Wildman–Crippen LogP) is 1.31. The first-order valence-electron chi connectivity index (χ1n) is 11.2. The first-order valence-corrected chi connectivity index (χ1v) is 11.2. The highest BCUT2D eigenvalue weighted by molar-refractivity contribution is 5.92. The molecule has 8 nitrogen and oxygen atoms in total. The fourth-order valence-electron chi connectivity index (χ4n) is 4.41. The Morgan fingerprint density at radius 3 is 2.77 bits per heavy atom. The number of nitrogens with one attached hydrogen (secondary N) is 2. The molecule has 1 aromatic heterocycles. The van der Waals surface area contributed by atoms with E-state index < -0.39 is 6.10 Å². The van der Waals surface area contributed by atoms with Crippen molar-refractivity contribution >= 4 is 11.7 Å². The monoisotopic (exact) mass is 424 g/mol. The lowest BCUT2D eigenvalue weighted by atomic mass is 9.92. The highest BCUT2D eigenvalue weighted by atomic mass is 16.3. The van der Waals surface area contributed by atoms with Gasteiger partial charge in [-0.25, -0.2) is 9.97 Å². The first kappa shape index (κ1) is 21.7. The van der Waals surface area contributed by atoms with Crippen molar-refractivity contribution in [3.05, 3.63) is 53.5 Å². The van der Waals surface area contributed by atoms with Crippen LogP contribution in [0.5, 0.6) is 0 Å². The number of aliphatic hydroxyl groups excluding tert-OH is 1. The van der Waals surface area contributed by atoms with Gasteiger partial charge in [-0.15, -0.1) is 0 Å². The molecule has 1 aliphatic carbocycles. The van der Waals surface area contributed by atoms with Crippen molar-refractivity contribution in [3.8, 4) is 0 Å². The van der Waals surface area contributed by atoms with Crippen molar-refractivity contribution in [2.75, 3.05) is 25.0 Å². The third-order valence-electron chi connectivity index (χ3n) is 6.20. The van der Waals surface area contributed by atoms with Crippen LogP contribution >= 0.6 is 0 Å². The summed E-state index contributed by atoms with van der Waals surface area (Å²) in [5, 5.41) is 16.6. The van der Waals surface area contributed by atoms with Crippen molar-refractivity contribution in [2.45, 2.75) is 56.8 Å². The number of rotatable bonds is 7. The molecule has 8 heteroatoms. The van der Waals surface area contributed by atoms with Crippen LogP contribution in [-0.4, -0.2) is 63.7 Å². The molecular weight excluding hydrogens is 392 g/mol. The standard InChI is InChI=1S/C23H32N6O2/c24-18-5-7-19(8-6-18)28-22-11-21(26-15-27-22)23(31)25-12-20(30)14-29-10-9-16-3-1-2-4-17(16)13-29/h1-4,11,15,18-20,30H,5-10,12-14,24H2,(H,25,31)(H,26,27,28)/t18?,19?,20-/m0/s1. The Morgan fingerprint density at radius 2 is 1.97 bits per heavy atom. The maximum atomic E-state index is 12.5. The maximum Gasteiger partial charge on any atom is 0.270 e. The van der Waals surface area contributed by atoms with E-state index in [1.54, 1.807) is 6.07 Å². The summed E-state index contributed by atoms with van der Waals surface area (Å²) in [4.78, 5) is 23.1. The van der Waals surface area contributed by atoms with Crippen molar-refractivity contribution in [1.29, 1.82) is 0 Å². The molecular formula is C23H32N6O2. The van der Waals surface area contributed by atoms with E-state index in [0.717, 1.165) is 45.2 Å². The zero-order valence-corrected chi connectivity index (χ0v) is 17.8. The van der Waals surface area contributed by atoms with E-state index in [2.05, 4.69) is 43.7 Å². The molecule has 31 heavy (non-hydrogen) atoms. The molecule has 1 saturated carbocycles. The van der Waals surface area contributed by atoms with Gasteiger partial charge in [0.2, 0.25) is 0 Å². The minimum Gasteiger partial charge on any atom is -0.390 e. The summed E-state index contributed by atoms with van der Waals surface area (Å²) in [6.45, 7) is 2.45. The van der Waals surface area contributed by atoms with E-state index in [4.69, 9.17) is 5.73 Å². The van der Waals surface area contributed by atoms with Gasteiger partial charge < -0.3 is 21.5 Å². The smallest absolute Gasteiger partial charge is 0.270 e. The summed E-state index contributed by atoms with van der Waals surface area (Å²) in [6.07, 6.45) is 5.74. The predicted molar refractivity (Wildman–Crippen MR) is 120 cm³/mol. The molecule has 0 saturated heterocycles. The van der Waals surface area contributed by atoms with Gasteiger partial charge in [0.05, 0.1) is 6.10 Å². The number of anilines is 1. The van der Waals surface area contributed by atoms with E-state index in [1.807, 2.05) is 6.07 Å². The van der Waals surface area contributed by atoms with Crippen LogP contribution in [0.3, 0.4) is 0 Å². The summed E-state index contributed by atoms with van der Waals surface area (Å²) < 4.78 is 0. The van der Waals surface area contributed by atoms with Crippen LogP contribution in [0.25, 0.3) is 0 Å². The van der Waals surface area contributed by atoms with E-state index in [9.17, 15) is 9.90 Å². The van der Waals surface area contributed by atoms with E-state index in [1.165, 1.54) is 17.5 Å². The number of carbonyl (C=O) groups excluding carboxylic acids is 1. The molecule has 5 N–H and O–H groups in total. The SMILES string of the molecule is NC1CCC(Nc2cc(C(=O)NC[C@H](O)CN3CCc4ccccc4C3)ncn2)CC1. The fraction of sp³-hybridized carbons (Fsp3) is 0.522. The number of fused-ring (bicyclic) bond motifs is 1. The largest absolute Gasteiger partial charge is 0.390 e. The minimum absolute atomic E-state index is 0.185. The summed E-state index contributed by atoms with van der Waals surface area (Å²) in [7, 11) is 0. The van der Waals surface area contributed by atoms with Gasteiger partial charge in [0.1, 0.15) is 17.8 Å². The maximum absolute atomic E-state index is 12.5. The third kappa shape index (κ3) is 6.00. The first-order chi connectivity index (χ1) is 15.1. The Labute approximate surface area is 183 Å². The third-order valence-corrected chi connectivity index (χ3v) is 6.20. The van der Waals surface area contributed by atoms with Crippen LogP contribution in [0.4, 0.5) is 5.82 Å². The van der Waals surface area contributed by atoms with Gasteiger partial charge in [-0.05, 0) is 43.2 Å². The average molecular weight is 425 g/mol. The number of carbonyl (C=O) groups is 1. The number of nitrogens with zero attached hydrogens (tertiary/aromatic N) is 3. The van der Waals surface area contributed by atoms with Crippen LogP contribution in [0, 0.1) is 0 Å². The van der Waals surface area contributed by atoms with Crippen molar-refractivity contribution in [2.24, 2.45) is 5.73 Å². The van der Waals surface area contributed by atoms with Crippen LogP contribution in [-0.2, 0) is 13.0 Å². The second-order valence-electron chi connectivity index (χ2n) is 8.66. The molecule has 0 spiro atoms. The van der Waals surface area contributed by atoms with E-state index >= 15 is 0 Å². The number of hydrogen-bond acceptors (Lipinski definition) is 7. The highest BCUT2D eigenvalue weighted by Crippen LogP contribution is 2.21. The normalized spacial score (nSPS) is 22.4. The molecule has 2 heterocycles. The summed E-state index contributed by atoms with van der Waals surface area (Å²) in [5.74, 6) is 0.340. The number of benzene rings is 1.